The number of amides is 1. The lowest BCUT2D eigenvalue weighted by atomic mass is 10.1. The zero-order valence-electron chi connectivity index (χ0n) is 9.16. The molecular weight excluding hydrogens is 230 g/mol. The van der Waals surface area contributed by atoms with Gasteiger partial charge < -0.3 is 15.6 Å². The maximum Gasteiger partial charge on any atom is 0.249 e. The number of aryl methyl sites for hydroxylation is 1. The predicted molar refractivity (Wildman–Crippen MR) is 61.9 cm³/mol. The first kappa shape index (κ1) is 12.8. The summed E-state index contributed by atoms with van der Waals surface area (Å²) in [7, 11) is 0. The van der Waals surface area contributed by atoms with Gasteiger partial charge in [0.15, 0.2) is 0 Å². The van der Waals surface area contributed by atoms with Gasteiger partial charge in [-0.05, 0) is 31.5 Å². The van der Waals surface area contributed by atoms with Crippen LogP contribution in [-0.4, -0.2) is 23.7 Å². The standard InChI is InChI=1S/C11H14ClNO3/c1-6-3-9(12)10(16-5-7(2)14)4-8(6)11(13)15/h3-4,7,14H,5H2,1-2H3,(H2,13,15). The van der Waals surface area contributed by atoms with Crippen LogP contribution in [-0.2, 0) is 0 Å². The Morgan fingerprint density at radius 2 is 2.25 bits per heavy atom. The Bertz CT molecular complexity index is 404. The summed E-state index contributed by atoms with van der Waals surface area (Å²) in [5, 5.41) is 9.47. The Labute approximate surface area is 99.0 Å². The largest absolute Gasteiger partial charge is 0.489 e. The van der Waals surface area contributed by atoms with Crippen LogP contribution < -0.4 is 10.5 Å². The van der Waals surface area contributed by atoms with Crippen molar-refractivity contribution in [1.82, 2.24) is 0 Å². The molecule has 88 valence electrons. The number of hydrogen-bond acceptors (Lipinski definition) is 3. The molecule has 0 saturated carbocycles. The van der Waals surface area contributed by atoms with Crippen LogP contribution in [0.15, 0.2) is 12.1 Å². The number of aliphatic hydroxyl groups is 1. The Hall–Kier alpha value is -1.26. The van der Waals surface area contributed by atoms with Crippen LogP contribution in [0.5, 0.6) is 5.75 Å². The summed E-state index contributed by atoms with van der Waals surface area (Å²) in [4.78, 5) is 11.1. The van der Waals surface area contributed by atoms with Gasteiger partial charge in [0.2, 0.25) is 5.91 Å². The molecule has 1 amide bonds. The van der Waals surface area contributed by atoms with Crippen molar-refractivity contribution < 1.29 is 14.6 Å². The number of hydrogen-bond donors (Lipinski definition) is 2. The minimum Gasteiger partial charge on any atom is -0.489 e. The summed E-state index contributed by atoms with van der Waals surface area (Å²) < 4.78 is 5.25. The predicted octanol–water partition coefficient (Wildman–Crippen LogP) is 1.51. The summed E-state index contributed by atoms with van der Waals surface area (Å²) >= 11 is 5.93. The molecule has 0 aliphatic rings. The SMILES string of the molecule is Cc1cc(Cl)c(OCC(C)O)cc1C(N)=O. The van der Waals surface area contributed by atoms with Crippen molar-refractivity contribution in [2.24, 2.45) is 5.73 Å². The van der Waals surface area contributed by atoms with Crippen molar-refractivity contribution in [3.8, 4) is 5.75 Å². The average molecular weight is 244 g/mol. The Kier molecular flexibility index (Phi) is 4.15. The van der Waals surface area contributed by atoms with E-state index in [-0.39, 0.29) is 6.61 Å². The van der Waals surface area contributed by atoms with Crippen molar-refractivity contribution >= 4 is 17.5 Å². The third-order valence-electron chi connectivity index (χ3n) is 2.02. The van der Waals surface area contributed by atoms with E-state index in [0.717, 1.165) is 0 Å². The quantitative estimate of drug-likeness (QED) is 0.842. The number of nitrogens with two attached hydrogens (primary N) is 1. The lowest BCUT2D eigenvalue weighted by Gasteiger charge is -2.12. The smallest absolute Gasteiger partial charge is 0.249 e. The van der Waals surface area contributed by atoms with Gasteiger partial charge in [0, 0.05) is 5.56 Å². The number of aliphatic hydroxyl groups excluding tert-OH is 1. The van der Waals surface area contributed by atoms with Gasteiger partial charge in [-0.1, -0.05) is 11.6 Å². The maximum atomic E-state index is 11.1. The molecule has 5 heteroatoms. The molecule has 0 saturated heterocycles. The molecule has 1 aromatic carbocycles. The van der Waals surface area contributed by atoms with Gasteiger partial charge >= 0.3 is 0 Å². The zero-order chi connectivity index (χ0) is 12.3. The van der Waals surface area contributed by atoms with Crippen LogP contribution in [0.4, 0.5) is 0 Å². The highest BCUT2D eigenvalue weighted by Gasteiger charge is 2.11. The van der Waals surface area contributed by atoms with Crippen molar-refractivity contribution in [1.29, 1.82) is 0 Å². The highest BCUT2D eigenvalue weighted by atomic mass is 35.5. The number of benzene rings is 1. The first-order valence-electron chi connectivity index (χ1n) is 4.82. The van der Waals surface area contributed by atoms with E-state index in [9.17, 15) is 4.79 Å². The van der Waals surface area contributed by atoms with Gasteiger partial charge in [0.05, 0.1) is 11.1 Å². The Morgan fingerprint density at radius 1 is 1.62 bits per heavy atom. The number of ether oxygens (including phenoxy) is 1. The van der Waals surface area contributed by atoms with Crippen LogP contribution in [0.1, 0.15) is 22.8 Å². The topological polar surface area (TPSA) is 72.6 Å². The van der Waals surface area contributed by atoms with E-state index >= 15 is 0 Å². The fourth-order valence-corrected chi connectivity index (χ4v) is 1.51. The molecule has 4 nitrogen and oxygen atoms in total. The molecule has 0 spiro atoms. The summed E-state index contributed by atoms with van der Waals surface area (Å²) in [5.41, 5.74) is 6.26. The zero-order valence-corrected chi connectivity index (χ0v) is 9.91. The molecule has 0 heterocycles. The van der Waals surface area contributed by atoms with Crippen LogP contribution in [0.2, 0.25) is 5.02 Å². The number of carbonyl (C=O) groups excluding carboxylic acids is 1. The highest BCUT2D eigenvalue weighted by molar-refractivity contribution is 6.32. The minimum atomic E-state index is -0.602. The van der Waals surface area contributed by atoms with E-state index in [1.807, 2.05) is 0 Å². The fraction of sp³-hybridized carbons (Fsp3) is 0.364. The van der Waals surface area contributed by atoms with Crippen LogP contribution >= 0.6 is 11.6 Å². The number of rotatable bonds is 4. The van der Waals surface area contributed by atoms with Crippen LogP contribution in [0.25, 0.3) is 0 Å². The van der Waals surface area contributed by atoms with E-state index in [0.29, 0.717) is 21.9 Å². The Balaban J connectivity index is 3.00. The summed E-state index contributed by atoms with van der Waals surface area (Å²) in [6.45, 7) is 3.45. The fourth-order valence-electron chi connectivity index (χ4n) is 1.24. The average Bonchev–Trinajstić information content (AvgIpc) is 2.15. The highest BCUT2D eigenvalue weighted by Crippen LogP contribution is 2.28. The first-order valence-corrected chi connectivity index (χ1v) is 5.20. The molecule has 3 N–H and O–H groups in total. The second-order valence-electron chi connectivity index (χ2n) is 3.62. The molecule has 16 heavy (non-hydrogen) atoms. The molecular formula is C11H14ClNO3. The van der Waals surface area contributed by atoms with E-state index in [4.69, 9.17) is 27.2 Å². The van der Waals surface area contributed by atoms with Crippen LogP contribution in [0, 0.1) is 6.92 Å². The number of halogens is 1. The molecule has 0 aliphatic heterocycles. The van der Waals surface area contributed by atoms with Crippen LogP contribution in [0.3, 0.4) is 0 Å². The van der Waals surface area contributed by atoms with Crippen molar-refractivity contribution in [3.05, 3.63) is 28.3 Å². The summed E-state index contributed by atoms with van der Waals surface area (Å²) in [6, 6.07) is 3.10. The number of carbonyl (C=O) groups is 1. The van der Waals surface area contributed by atoms with E-state index in [1.165, 1.54) is 6.07 Å². The molecule has 1 atom stereocenters. The van der Waals surface area contributed by atoms with E-state index < -0.39 is 12.0 Å². The molecule has 0 aliphatic carbocycles. The van der Waals surface area contributed by atoms with Crippen molar-refractivity contribution in [2.75, 3.05) is 6.61 Å². The van der Waals surface area contributed by atoms with Gasteiger partial charge in [-0.2, -0.15) is 0 Å². The summed E-state index contributed by atoms with van der Waals surface area (Å²) in [5.74, 6) is -0.182. The van der Waals surface area contributed by atoms with Crippen molar-refractivity contribution in [3.63, 3.8) is 0 Å². The second-order valence-corrected chi connectivity index (χ2v) is 4.03. The molecule has 0 aromatic heterocycles. The van der Waals surface area contributed by atoms with Gasteiger partial charge in [-0.3, -0.25) is 4.79 Å². The lowest BCUT2D eigenvalue weighted by molar-refractivity contribution is 0.0998. The molecule has 1 rings (SSSR count). The van der Waals surface area contributed by atoms with Gasteiger partial charge in [-0.15, -0.1) is 0 Å². The Morgan fingerprint density at radius 3 is 2.75 bits per heavy atom. The normalized spacial score (nSPS) is 12.2. The van der Waals surface area contributed by atoms with Gasteiger partial charge in [-0.25, -0.2) is 0 Å². The summed E-state index contributed by atoms with van der Waals surface area (Å²) in [6.07, 6.45) is -0.602. The first-order chi connectivity index (χ1) is 7.41. The third kappa shape index (κ3) is 3.12. The lowest BCUT2D eigenvalue weighted by Crippen LogP contribution is -2.15. The molecule has 0 radical (unpaired) electrons. The van der Waals surface area contributed by atoms with Crippen molar-refractivity contribution in [2.45, 2.75) is 20.0 Å². The second kappa shape index (κ2) is 5.18. The molecule has 0 bridgehead atoms. The van der Waals surface area contributed by atoms with E-state index in [1.54, 1.807) is 19.9 Å². The van der Waals surface area contributed by atoms with Gasteiger partial charge in [0.1, 0.15) is 12.4 Å². The minimum absolute atomic E-state index is 0.112. The maximum absolute atomic E-state index is 11.1. The molecule has 1 unspecified atom stereocenters. The third-order valence-corrected chi connectivity index (χ3v) is 2.32. The number of primary amides is 1. The monoisotopic (exact) mass is 243 g/mol. The van der Waals surface area contributed by atoms with E-state index in [2.05, 4.69) is 0 Å². The molecule has 0 fully saturated rings. The van der Waals surface area contributed by atoms with Gasteiger partial charge in [0.25, 0.3) is 0 Å². The molecule has 1 aromatic rings.